The number of hydrogen-bond donors (Lipinski definition) is 3. The third kappa shape index (κ3) is 4.52. The largest absolute Gasteiger partial charge is 0.487 e. The van der Waals surface area contributed by atoms with Crippen molar-refractivity contribution in [2.45, 2.75) is 26.4 Å². The lowest BCUT2D eigenvalue weighted by atomic mass is 10.0. The first-order valence-electron chi connectivity index (χ1n) is 10.4. The van der Waals surface area contributed by atoms with Crippen molar-refractivity contribution >= 4 is 27.6 Å². The molecular formula is C24H24FN5O3. The van der Waals surface area contributed by atoms with Crippen LogP contribution in [-0.4, -0.2) is 45.9 Å². The average molecular weight is 449 g/mol. The average Bonchev–Trinajstić information content (AvgIpc) is 3.12. The van der Waals surface area contributed by atoms with E-state index >= 15 is 0 Å². The first-order valence-corrected chi connectivity index (χ1v) is 10.4. The quantitative estimate of drug-likeness (QED) is 0.385. The zero-order valence-electron chi connectivity index (χ0n) is 18.8. The summed E-state index contributed by atoms with van der Waals surface area (Å²) in [5, 5.41) is 23.3. The Hall–Kier alpha value is -3.90. The zero-order chi connectivity index (χ0) is 23.8. The van der Waals surface area contributed by atoms with Crippen molar-refractivity contribution in [1.29, 1.82) is 5.26 Å². The number of aryl methyl sites for hydroxylation is 1. The molecule has 0 radical (unpaired) electrons. The highest BCUT2D eigenvalue weighted by Crippen LogP contribution is 2.39. The van der Waals surface area contributed by atoms with Crippen molar-refractivity contribution in [3.8, 4) is 28.8 Å². The van der Waals surface area contributed by atoms with Crippen molar-refractivity contribution in [3.63, 3.8) is 0 Å². The topological polar surface area (TPSA) is 116 Å². The maximum atomic E-state index is 14.4. The number of aromatic amines is 1. The molecule has 0 unspecified atom stereocenters. The molecule has 0 aliphatic heterocycles. The summed E-state index contributed by atoms with van der Waals surface area (Å²) in [5.74, 6) is 0.885. The minimum absolute atomic E-state index is 0.0423. The SMILES string of the molecule is CNc1cc(F)cc2c1[nH]c1nc(C)nc(-c3ccc(OCC(C)(C)O)c(OCC#N)c3)c12. The van der Waals surface area contributed by atoms with Crippen LogP contribution in [0.25, 0.3) is 33.2 Å². The van der Waals surface area contributed by atoms with Crippen molar-refractivity contribution in [2.24, 2.45) is 0 Å². The van der Waals surface area contributed by atoms with Gasteiger partial charge >= 0.3 is 0 Å². The van der Waals surface area contributed by atoms with Crippen molar-refractivity contribution in [1.82, 2.24) is 15.0 Å². The number of aromatic nitrogens is 3. The van der Waals surface area contributed by atoms with Gasteiger partial charge in [-0.3, -0.25) is 0 Å². The van der Waals surface area contributed by atoms with Gasteiger partial charge in [-0.2, -0.15) is 5.26 Å². The smallest absolute Gasteiger partial charge is 0.174 e. The third-order valence-corrected chi connectivity index (χ3v) is 5.00. The Balaban J connectivity index is 1.91. The molecular weight excluding hydrogens is 425 g/mol. The van der Waals surface area contributed by atoms with Crippen LogP contribution in [0.3, 0.4) is 0 Å². The number of rotatable bonds is 7. The van der Waals surface area contributed by atoms with Gasteiger partial charge in [0.2, 0.25) is 0 Å². The molecule has 0 amide bonds. The number of anilines is 1. The number of ether oxygens (including phenoxy) is 2. The fourth-order valence-corrected chi connectivity index (χ4v) is 3.63. The van der Waals surface area contributed by atoms with Gasteiger partial charge in [0.05, 0.1) is 27.9 Å². The molecule has 0 aliphatic rings. The monoisotopic (exact) mass is 449 g/mol. The van der Waals surface area contributed by atoms with Gasteiger partial charge in [-0.25, -0.2) is 14.4 Å². The third-order valence-electron chi connectivity index (χ3n) is 5.00. The van der Waals surface area contributed by atoms with Gasteiger partial charge in [0.25, 0.3) is 0 Å². The summed E-state index contributed by atoms with van der Waals surface area (Å²) in [6, 6.07) is 10.0. The number of benzene rings is 2. The Morgan fingerprint density at radius 2 is 1.97 bits per heavy atom. The van der Waals surface area contributed by atoms with Crippen molar-refractivity contribution < 1.29 is 19.0 Å². The second kappa shape index (κ2) is 8.56. The van der Waals surface area contributed by atoms with Crippen LogP contribution >= 0.6 is 0 Å². The highest BCUT2D eigenvalue weighted by molar-refractivity contribution is 6.15. The molecule has 2 heterocycles. The summed E-state index contributed by atoms with van der Waals surface area (Å²) in [6.45, 7) is 4.91. The van der Waals surface area contributed by atoms with E-state index in [1.54, 1.807) is 46.0 Å². The minimum atomic E-state index is -1.04. The summed E-state index contributed by atoms with van der Waals surface area (Å²) in [6.07, 6.45) is 0. The Kier molecular flexibility index (Phi) is 5.78. The maximum absolute atomic E-state index is 14.4. The Labute approximate surface area is 190 Å². The van der Waals surface area contributed by atoms with Crippen LogP contribution < -0.4 is 14.8 Å². The number of nitrogens with one attached hydrogen (secondary N) is 2. The van der Waals surface area contributed by atoms with Gasteiger partial charge in [0.1, 0.15) is 30.0 Å². The maximum Gasteiger partial charge on any atom is 0.174 e. The standard InChI is InChI=1S/C24H24FN5O3/c1-13-28-21(20-16-10-15(25)11-17(27-4)22(16)30-23(20)29-13)14-5-6-18(33-12-24(2,3)31)19(9-14)32-8-7-26/h5-6,9-11,27,31H,8,12H2,1-4H3,(H,28,29,30). The lowest BCUT2D eigenvalue weighted by Gasteiger charge is -2.19. The Morgan fingerprint density at radius 3 is 2.67 bits per heavy atom. The predicted octanol–water partition coefficient (Wildman–Crippen LogP) is 4.32. The normalized spacial score (nSPS) is 11.5. The predicted molar refractivity (Wildman–Crippen MR) is 124 cm³/mol. The molecule has 4 aromatic rings. The molecule has 3 N–H and O–H groups in total. The minimum Gasteiger partial charge on any atom is -0.487 e. The molecule has 0 atom stereocenters. The Bertz CT molecular complexity index is 1390. The van der Waals surface area contributed by atoms with E-state index < -0.39 is 5.60 Å². The number of hydrogen-bond acceptors (Lipinski definition) is 7. The molecule has 9 heteroatoms. The van der Waals surface area contributed by atoms with Gasteiger partial charge in [-0.05, 0) is 51.1 Å². The van der Waals surface area contributed by atoms with E-state index in [-0.39, 0.29) is 19.0 Å². The molecule has 2 aromatic carbocycles. The lowest BCUT2D eigenvalue weighted by Crippen LogP contribution is -2.28. The summed E-state index contributed by atoms with van der Waals surface area (Å²) in [5.41, 5.74) is 2.15. The molecule has 4 rings (SSSR count). The molecule has 0 spiro atoms. The summed E-state index contributed by atoms with van der Waals surface area (Å²) in [4.78, 5) is 12.4. The highest BCUT2D eigenvalue weighted by Gasteiger charge is 2.20. The van der Waals surface area contributed by atoms with Gasteiger partial charge in [-0.15, -0.1) is 0 Å². The number of fused-ring (bicyclic) bond motifs is 3. The molecule has 33 heavy (non-hydrogen) atoms. The summed E-state index contributed by atoms with van der Waals surface area (Å²) in [7, 11) is 1.72. The van der Waals surface area contributed by atoms with E-state index in [2.05, 4.69) is 20.3 Å². The van der Waals surface area contributed by atoms with Gasteiger partial charge in [0.15, 0.2) is 18.1 Å². The van der Waals surface area contributed by atoms with Crippen LogP contribution in [-0.2, 0) is 0 Å². The van der Waals surface area contributed by atoms with E-state index in [4.69, 9.17) is 14.7 Å². The first-order chi connectivity index (χ1) is 15.7. The van der Waals surface area contributed by atoms with Crippen LogP contribution in [0.1, 0.15) is 19.7 Å². The van der Waals surface area contributed by atoms with Crippen LogP contribution in [0.15, 0.2) is 30.3 Å². The number of H-pyrrole nitrogens is 1. The lowest BCUT2D eigenvalue weighted by molar-refractivity contribution is 0.0275. The fraction of sp³-hybridized carbons (Fsp3) is 0.292. The van der Waals surface area contributed by atoms with Gasteiger partial charge in [0, 0.05) is 18.0 Å². The van der Waals surface area contributed by atoms with Crippen LogP contribution in [0.4, 0.5) is 10.1 Å². The molecule has 0 bridgehead atoms. The van der Waals surface area contributed by atoms with E-state index in [9.17, 15) is 9.50 Å². The first kappa shape index (κ1) is 22.3. The van der Waals surface area contributed by atoms with Crippen LogP contribution in [0, 0.1) is 24.1 Å². The molecule has 0 aliphatic carbocycles. The summed E-state index contributed by atoms with van der Waals surface area (Å²) < 4.78 is 25.7. The number of nitrogens with zero attached hydrogens (tertiary/aromatic N) is 3. The molecule has 2 aromatic heterocycles. The number of nitriles is 1. The fourth-order valence-electron chi connectivity index (χ4n) is 3.63. The second-order valence-corrected chi connectivity index (χ2v) is 8.30. The van der Waals surface area contributed by atoms with Crippen LogP contribution in [0.2, 0.25) is 0 Å². The van der Waals surface area contributed by atoms with E-state index in [0.29, 0.717) is 50.7 Å². The molecule has 0 fully saturated rings. The highest BCUT2D eigenvalue weighted by atomic mass is 19.1. The van der Waals surface area contributed by atoms with E-state index in [1.807, 2.05) is 6.07 Å². The van der Waals surface area contributed by atoms with E-state index in [1.165, 1.54) is 12.1 Å². The van der Waals surface area contributed by atoms with Crippen LogP contribution in [0.5, 0.6) is 11.5 Å². The van der Waals surface area contributed by atoms with E-state index in [0.717, 1.165) is 5.52 Å². The van der Waals surface area contributed by atoms with Crippen molar-refractivity contribution in [3.05, 3.63) is 42.0 Å². The van der Waals surface area contributed by atoms with Crippen molar-refractivity contribution in [2.75, 3.05) is 25.6 Å². The molecule has 170 valence electrons. The number of aliphatic hydroxyl groups is 1. The van der Waals surface area contributed by atoms with Gasteiger partial charge in [-0.1, -0.05) is 0 Å². The molecule has 0 saturated carbocycles. The zero-order valence-corrected chi connectivity index (χ0v) is 18.8. The molecule has 0 saturated heterocycles. The number of halogens is 1. The molecule has 8 nitrogen and oxygen atoms in total. The second-order valence-electron chi connectivity index (χ2n) is 8.30. The summed E-state index contributed by atoms with van der Waals surface area (Å²) >= 11 is 0. The Morgan fingerprint density at radius 1 is 1.18 bits per heavy atom. The van der Waals surface area contributed by atoms with Gasteiger partial charge < -0.3 is 24.9 Å².